The average Bonchev–Trinajstić information content (AvgIpc) is 2.71. The summed E-state index contributed by atoms with van der Waals surface area (Å²) < 4.78 is 24.6. The molecule has 6 heteroatoms. The van der Waals surface area contributed by atoms with Gasteiger partial charge in [-0.15, -0.1) is 0 Å². The Morgan fingerprint density at radius 3 is 2.47 bits per heavy atom. The Labute approximate surface area is 178 Å². The average molecular weight is 415 g/mol. The van der Waals surface area contributed by atoms with Crippen molar-refractivity contribution >= 4 is 5.91 Å². The van der Waals surface area contributed by atoms with Crippen LogP contribution in [0.3, 0.4) is 0 Å². The molecule has 0 unspecified atom stereocenters. The number of carbonyl (C=O) groups is 1. The zero-order valence-electron chi connectivity index (χ0n) is 18.2. The van der Waals surface area contributed by atoms with Crippen molar-refractivity contribution in [2.75, 3.05) is 26.3 Å². The van der Waals surface area contributed by atoms with Crippen molar-refractivity contribution in [3.8, 4) is 11.5 Å². The van der Waals surface area contributed by atoms with Crippen LogP contribution in [0.15, 0.2) is 42.5 Å². The van der Waals surface area contributed by atoms with Crippen LogP contribution in [0.4, 0.5) is 4.39 Å². The van der Waals surface area contributed by atoms with Crippen molar-refractivity contribution in [2.45, 2.75) is 46.3 Å². The van der Waals surface area contributed by atoms with E-state index in [4.69, 9.17) is 9.47 Å². The quantitative estimate of drug-likeness (QED) is 0.686. The number of piperazine rings is 1. The normalized spacial score (nSPS) is 19.6. The van der Waals surface area contributed by atoms with Crippen molar-refractivity contribution in [2.24, 2.45) is 0 Å². The number of rotatable bonds is 7. The SMILES string of the molecule is CCOc1cc(C)ccc1OCC(=O)N1C[C@H](C)N(Cc2ccc(F)cc2)C[C@H]1C. The van der Waals surface area contributed by atoms with Gasteiger partial charge in [-0.05, 0) is 63.1 Å². The molecule has 1 aliphatic heterocycles. The zero-order chi connectivity index (χ0) is 21.7. The van der Waals surface area contributed by atoms with Crippen LogP contribution in [-0.2, 0) is 11.3 Å². The third-order valence-corrected chi connectivity index (χ3v) is 5.48. The molecule has 0 saturated carbocycles. The molecule has 30 heavy (non-hydrogen) atoms. The van der Waals surface area contributed by atoms with E-state index in [-0.39, 0.29) is 30.4 Å². The molecule has 2 aromatic rings. The molecule has 0 aromatic heterocycles. The maximum Gasteiger partial charge on any atom is 0.260 e. The van der Waals surface area contributed by atoms with Crippen molar-refractivity contribution in [1.82, 2.24) is 9.80 Å². The van der Waals surface area contributed by atoms with Crippen LogP contribution in [0, 0.1) is 12.7 Å². The highest BCUT2D eigenvalue weighted by Crippen LogP contribution is 2.28. The van der Waals surface area contributed by atoms with Crippen LogP contribution in [-0.4, -0.2) is 54.1 Å². The summed E-state index contributed by atoms with van der Waals surface area (Å²) in [5.74, 6) is 0.998. The van der Waals surface area contributed by atoms with E-state index in [1.54, 1.807) is 0 Å². The topological polar surface area (TPSA) is 42.0 Å². The Morgan fingerprint density at radius 1 is 1.03 bits per heavy atom. The summed E-state index contributed by atoms with van der Waals surface area (Å²) in [6, 6.07) is 12.6. The third kappa shape index (κ3) is 5.51. The summed E-state index contributed by atoms with van der Waals surface area (Å²) in [6.07, 6.45) is 0. The van der Waals surface area contributed by atoms with Gasteiger partial charge in [0.25, 0.3) is 5.91 Å². The number of benzene rings is 2. The predicted molar refractivity (Wildman–Crippen MR) is 115 cm³/mol. The van der Waals surface area contributed by atoms with Crippen LogP contribution in [0.2, 0.25) is 0 Å². The van der Waals surface area contributed by atoms with Crippen molar-refractivity contribution in [3.05, 3.63) is 59.4 Å². The molecular weight excluding hydrogens is 383 g/mol. The first-order valence-corrected chi connectivity index (χ1v) is 10.5. The maximum absolute atomic E-state index is 13.1. The van der Waals surface area contributed by atoms with Crippen LogP contribution < -0.4 is 9.47 Å². The van der Waals surface area contributed by atoms with E-state index in [1.165, 1.54) is 12.1 Å². The van der Waals surface area contributed by atoms with Crippen molar-refractivity contribution in [1.29, 1.82) is 0 Å². The minimum atomic E-state index is -0.225. The number of carbonyl (C=O) groups excluding carboxylic acids is 1. The van der Waals surface area contributed by atoms with Gasteiger partial charge in [0.1, 0.15) is 5.82 Å². The molecule has 0 aliphatic carbocycles. The van der Waals surface area contributed by atoms with Gasteiger partial charge >= 0.3 is 0 Å². The Balaban J connectivity index is 1.58. The number of amides is 1. The monoisotopic (exact) mass is 414 g/mol. The third-order valence-electron chi connectivity index (χ3n) is 5.48. The molecular formula is C24H31FN2O3. The first-order chi connectivity index (χ1) is 14.4. The predicted octanol–water partition coefficient (Wildman–Crippen LogP) is 4.03. The van der Waals surface area contributed by atoms with E-state index < -0.39 is 0 Å². The molecule has 3 rings (SSSR count). The minimum Gasteiger partial charge on any atom is -0.490 e. The minimum absolute atomic E-state index is 0.0157. The Kier molecular flexibility index (Phi) is 7.32. The smallest absolute Gasteiger partial charge is 0.260 e. The molecule has 1 saturated heterocycles. The number of nitrogens with zero attached hydrogens (tertiary/aromatic N) is 2. The molecule has 2 atom stereocenters. The maximum atomic E-state index is 13.1. The fraction of sp³-hybridized carbons (Fsp3) is 0.458. The van der Waals surface area contributed by atoms with Gasteiger partial charge in [-0.3, -0.25) is 9.69 Å². The van der Waals surface area contributed by atoms with Crippen LogP contribution in [0.5, 0.6) is 11.5 Å². The summed E-state index contributed by atoms with van der Waals surface area (Å²) in [5, 5.41) is 0. The number of hydrogen-bond donors (Lipinski definition) is 0. The Morgan fingerprint density at radius 2 is 1.77 bits per heavy atom. The van der Waals surface area contributed by atoms with Crippen LogP contribution in [0.1, 0.15) is 31.9 Å². The molecule has 2 aromatic carbocycles. The lowest BCUT2D eigenvalue weighted by molar-refractivity contribution is -0.139. The molecule has 0 spiro atoms. The summed E-state index contributed by atoms with van der Waals surface area (Å²) in [7, 11) is 0. The van der Waals surface area contributed by atoms with Gasteiger partial charge in [0.05, 0.1) is 6.61 Å². The second-order valence-electron chi connectivity index (χ2n) is 7.97. The van der Waals surface area contributed by atoms with Gasteiger partial charge in [0.2, 0.25) is 0 Å². The molecule has 1 aliphatic rings. The van der Waals surface area contributed by atoms with E-state index in [9.17, 15) is 9.18 Å². The molecule has 0 N–H and O–H groups in total. The van der Waals surface area contributed by atoms with Crippen molar-refractivity contribution < 1.29 is 18.7 Å². The van der Waals surface area contributed by atoms with Crippen LogP contribution in [0.25, 0.3) is 0 Å². The molecule has 1 fully saturated rings. The second-order valence-corrected chi connectivity index (χ2v) is 7.97. The fourth-order valence-electron chi connectivity index (χ4n) is 3.82. The van der Waals surface area contributed by atoms with Gasteiger partial charge in [-0.2, -0.15) is 0 Å². The zero-order valence-corrected chi connectivity index (χ0v) is 18.2. The molecule has 5 nitrogen and oxygen atoms in total. The summed E-state index contributed by atoms with van der Waals surface area (Å²) in [4.78, 5) is 17.1. The van der Waals surface area contributed by atoms with Gasteiger partial charge in [0.15, 0.2) is 18.1 Å². The highest BCUT2D eigenvalue weighted by molar-refractivity contribution is 5.78. The number of hydrogen-bond acceptors (Lipinski definition) is 4. The number of halogens is 1. The highest BCUT2D eigenvalue weighted by Gasteiger charge is 2.32. The Bertz CT molecular complexity index is 856. The van der Waals surface area contributed by atoms with Gasteiger partial charge in [-0.25, -0.2) is 4.39 Å². The van der Waals surface area contributed by atoms with Gasteiger partial charge in [0, 0.05) is 31.7 Å². The molecule has 1 heterocycles. The van der Waals surface area contributed by atoms with E-state index >= 15 is 0 Å². The van der Waals surface area contributed by atoms with Crippen molar-refractivity contribution in [3.63, 3.8) is 0 Å². The van der Waals surface area contributed by atoms with E-state index in [0.717, 1.165) is 24.2 Å². The lowest BCUT2D eigenvalue weighted by Crippen LogP contribution is -2.58. The summed E-state index contributed by atoms with van der Waals surface area (Å²) in [5.41, 5.74) is 2.15. The van der Waals surface area contributed by atoms with E-state index in [2.05, 4.69) is 18.7 Å². The standard InChI is InChI=1S/C24H31FN2O3/c1-5-29-23-12-17(2)6-11-22(23)30-16-24(28)27-14-18(3)26(13-19(27)4)15-20-7-9-21(25)10-8-20/h6-12,18-19H,5,13-16H2,1-4H3/t18-,19+/m0/s1. The number of aryl methyl sites for hydroxylation is 1. The lowest BCUT2D eigenvalue weighted by atomic mass is 10.1. The largest absolute Gasteiger partial charge is 0.490 e. The Hall–Kier alpha value is -2.60. The summed E-state index contributed by atoms with van der Waals surface area (Å²) in [6.45, 7) is 10.7. The molecule has 1 amide bonds. The van der Waals surface area contributed by atoms with E-state index in [1.807, 2.05) is 49.1 Å². The fourth-order valence-corrected chi connectivity index (χ4v) is 3.82. The lowest BCUT2D eigenvalue weighted by Gasteiger charge is -2.44. The van der Waals surface area contributed by atoms with E-state index in [0.29, 0.717) is 24.7 Å². The molecule has 0 radical (unpaired) electrons. The second kappa shape index (κ2) is 9.94. The van der Waals surface area contributed by atoms with Gasteiger partial charge < -0.3 is 14.4 Å². The van der Waals surface area contributed by atoms with Gasteiger partial charge in [-0.1, -0.05) is 18.2 Å². The number of ether oxygens (including phenoxy) is 2. The highest BCUT2D eigenvalue weighted by atomic mass is 19.1. The van der Waals surface area contributed by atoms with Crippen LogP contribution >= 0.6 is 0 Å². The summed E-state index contributed by atoms with van der Waals surface area (Å²) >= 11 is 0. The molecule has 162 valence electrons. The molecule has 0 bridgehead atoms. The first kappa shape index (κ1) is 22.1. The first-order valence-electron chi connectivity index (χ1n) is 10.5.